The van der Waals surface area contributed by atoms with Crippen molar-refractivity contribution in [2.45, 2.75) is 25.0 Å². The van der Waals surface area contributed by atoms with Gasteiger partial charge in [-0.05, 0) is 12.8 Å². The predicted molar refractivity (Wildman–Crippen MR) is 39.0 cm³/mol. The molecule has 1 heterocycles. The number of fused-ring (bicyclic) bond motifs is 1. The number of aliphatic carboxylic acids is 1. The molecule has 0 aromatic heterocycles. The summed E-state index contributed by atoms with van der Waals surface area (Å²) in [4.78, 5) is 10.5. The maximum Gasteiger partial charge on any atom is 0.400 e. The molecule has 2 aliphatic rings. The second-order valence-electron chi connectivity index (χ2n) is 3.18. The summed E-state index contributed by atoms with van der Waals surface area (Å²) in [6, 6.07) is 0. The first-order valence-electron chi connectivity index (χ1n) is 3.82. The lowest BCUT2D eigenvalue weighted by Gasteiger charge is -2.03. The highest BCUT2D eigenvalue weighted by Crippen LogP contribution is 2.37. The summed E-state index contributed by atoms with van der Waals surface area (Å²) in [7, 11) is -3.85. The van der Waals surface area contributed by atoms with E-state index in [1.165, 1.54) is 0 Å². The van der Waals surface area contributed by atoms with Crippen molar-refractivity contribution in [2.75, 3.05) is 0 Å². The van der Waals surface area contributed by atoms with E-state index in [2.05, 4.69) is 8.37 Å². The van der Waals surface area contributed by atoms with Gasteiger partial charge >= 0.3 is 16.4 Å². The Kier molecular flexibility index (Phi) is 1.83. The summed E-state index contributed by atoms with van der Waals surface area (Å²) in [5, 5.41) is 8.64. The van der Waals surface area contributed by atoms with Crippen molar-refractivity contribution in [3.05, 3.63) is 0 Å². The number of carbonyl (C=O) groups is 1. The van der Waals surface area contributed by atoms with Crippen LogP contribution >= 0.6 is 0 Å². The third-order valence-electron chi connectivity index (χ3n) is 2.28. The van der Waals surface area contributed by atoms with Crippen LogP contribution in [0.1, 0.15) is 12.8 Å². The lowest BCUT2D eigenvalue weighted by Crippen LogP contribution is -2.13. The Hall–Kier alpha value is -0.660. The Morgan fingerprint density at radius 2 is 1.69 bits per heavy atom. The zero-order valence-corrected chi connectivity index (χ0v) is 7.36. The first kappa shape index (κ1) is 8.92. The quantitative estimate of drug-likeness (QED) is 0.625. The van der Waals surface area contributed by atoms with Crippen LogP contribution in [0.5, 0.6) is 0 Å². The van der Waals surface area contributed by atoms with Crippen molar-refractivity contribution in [3.8, 4) is 0 Å². The smallest absolute Gasteiger partial charge is 0.400 e. The fraction of sp³-hybridized carbons (Fsp3) is 0.833. The van der Waals surface area contributed by atoms with Crippen LogP contribution in [0.3, 0.4) is 0 Å². The summed E-state index contributed by atoms with van der Waals surface area (Å²) in [6.07, 6.45) is -0.796. The van der Waals surface area contributed by atoms with Crippen molar-refractivity contribution >= 4 is 16.4 Å². The number of hydrogen-bond acceptors (Lipinski definition) is 5. The van der Waals surface area contributed by atoms with Crippen molar-refractivity contribution in [1.82, 2.24) is 0 Å². The third kappa shape index (κ3) is 1.54. The van der Waals surface area contributed by atoms with Gasteiger partial charge in [-0.15, -0.1) is 0 Å². The number of rotatable bonds is 1. The first-order valence-corrected chi connectivity index (χ1v) is 5.15. The van der Waals surface area contributed by atoms with E-state index >= 15 is 0 Å². The molecular formula is C6H8O6S. The molecule has 0 amide bonds. The molecule has 0 radical (unpaired) electrons. The van der Waals surface area contributed by atoms with Gasteiger partial charge in [0.2, 0.25) is 0 Å². The van der Waals surface area contributed by atoms with Gasteiger partial charge in [0.05, 0.1) is 5.92 Å². The van der Waals surface area contributed by atoms with Crippen LogP contribution in [0.25, 0.3) is 0 Å². The normalized spacial score (nSPS) is 37.5. The van der Waals surface area contributed by atoms with Gasteiger partial charge in [-0.1, -0.05) is 0 Å². The van der Waals surface area contributed by atoms with Gasteiger partial charge in [-0.2, -0.15) is 8.42 Å². The minimum Gasteiger partial charge on any atom is -0.481 e. The summed E-state index contributed by atoms with van der Waals surface area (Å²) < 4.78 is 30.5. The average molecular weight is 208 g/mol. The number of carboxylic acids is 1. The van der Waals surface area contributed by atoms with Gasteiger partial charge < -0.3 is 5.11 Å². The molecule has 0 aromatic rings. The van der Waals surface area contributed by atoms with Crippen molar-refractivity contribution in [2.24, 2.45) is 5.92 Å². The monoisotopic (exact) mass is 208 g/mol. The van der Waals surface area contributed by atoms with Crippen LogP contribution in [-0.4, -0.2) is 31.7 Å². The van der Waals surface area contributed by atoms with Crippen molar-refractivity contribution in [3.63, 3.8) is 0 Å². The van der Waals surface area contributed by atoms with Crippen molar-refractivity contribution < 1.29 is 26.7 Å². The van der Waals surface area contributed by atoms with Crippen LogP contribution in [0.2, 0.25) is 0 Å². The Balaban J connectivity index is 2.09. The largest absolute Gasteiger partial charge is 0.481 e. The minimum atomic E-state index is -3.85. The predicted octanol–water partition coefficient (Wildman–Crippen LogP) is -0.490. The van der Waals surface area contributed by atoms with E-state index in [0.717, 1.165) is 0 Å². The molecule has 1 aliphatic heterocycles. The zero-order valence-electron chi connectivity index (χ0n) is 6.54. The number of hydrogen-bond donors (Lipinski definition) is 1. The van der Waals surface area contributed by atoms with Gasteiger partial charge in [-0.3, -0.25) is 4.79 Å². The van der Waals surface area contributed by atoms with Gasteiger partial charge in [0.15, 0.2) is 0 Å². The molecule has 1 saturated carbocycles. The topological polar surface area (TPSA) is 89.9 Å². The Labute approximate surface area is 74.8 Å². The lowest BCUT2D eigenvalue weighted by atomic mass is 10.1. The van der Waals surface area contributed by atoms with Gasteiger partial charge in [0.25, 0.3) is 0 Å². The fourth-order valence-electron chi connectivity index (χ4n) is 1.69. The standard InChI is InChI=1S/C6H8O6S/c7-6(8)3-1-4-5(2-3)12-13(9,10)11-4/h3-5H,1-2H2,(H,7,8)/t4-,5-/m1/s1. The first-order chi connectivity index (χ1) is 5.98. The SMILES string of the molecule is O=C(O)C1C[C@H]2OS(=O)(=O)O[C@@H]2C1. The Morgan fingerprint density at radius 3 is 2.08 bits per heavy atom. The van der Waals surface area contributed by atoms with E-state index in [1.807, 2.05) is 0 Å². The molecule has 0 unspecified atom stereocenters. The zero-order chi connectivity index (χ0) is 9.64. The fourth-order valence-corrected chi connectivity index (χ4v) is 2.75. The second kappa shape index (κ2) is 2.66. The molecule has 1 N–H and O–H groups in total. The molecule has 2 rings (SSSR count). The summed E-state index contributed by atoms with van der Waals surface area (Å²) in [5.41, 5.74) is 0. The van der Waals surface area contributed by atoms with E-state index < -0.39 is 34.5 Å². The van der Waals surface area contributed by atoms with Crippen LogP contribution in [0.4, 0.5) is 0 Å². The molecule has 1 aliphatic carbocycles. The minimum absolute atomic E-state index is 0.208. The molecule has 13 heavy (non-hydrogen) atoms. The molecule has 0 spiro atoms. The second-order valence-corrected chi connectivity index (χ2v) is 4.39. The van der Waals surface area contributed by atoms with Crippen LogP contribution in [0.15, 0.2) is 0 Å². The van der Waals surface area contributed by atoms with Gasteiger partial charge in [-0.25, -0.2) is 8.37 Å². The maximum absolute atomic E-state index is 10.7. The summed E-state index contributed by atoms with van der Waals surface area (Å²) in [5.74, 6) is -1.48. The molecule has 6 nitrogen and oxygen atoms in total. The van der Waals surface area contributed by atoms with E-state index in [0.29, 0.717) is 0 Å². The van der Waals surface area contributed by atoms with Gasteiger partial charge in [0.1, 0.15) is 12.2 Å². The maximum atomic E-state index is 10.7. The summed E-state index contributed by atoms with van der Waals surface area (Å²) in [6.45, 7) is 0. The molecule has 2 atom stereocenters. The van der Waals surface area contributed by atoms with E-state index in [-0.39, 0.29) is 12.8 Å². The lowest BCUT2D eigenvalue weighted by molar-refractivity contribution is -0.141. The molecule has 1 saturated heterocycles. The third-order valence-corrected chi connectivity index (χ3v) is 3.25. The molecular weight excluding hydrogens is 200 g/mol. The van der Waals surface area contributed by atoms with E-state index in [9.17, 15) is 13.2 Å². The van der Waals surface area contributed by atoms with Gasteiger partial charge in [0, 0.05) is 0 Å². The van der Waals surface area contributed by atoms with E-state index in [4.69, 9.17) is 5.11 Å². The van der Waals surface area contributed by atoms with Crippen molar-refractivity contribution in [1.29, 1.82) is 0 Å². The number of carboxylic acid groups (broad SMARTS) is 1. The molecule has 0 aromatic carbocycles. The summed E-state index contributed by atoms with van der Waals surface area (Å²) >= 11 is 0. The van der Waals surface area contributed by atoms with E-state index in [1.54, 1.807) is 0 Å². The molecule has 0 bridgehead atoms. The van der Waals surface area contributed by atoms with Crippen LogP contribution in [-0.2, 0) is 23.6 Å². The highest BCUT2D eigenvalue weighted by molar-refractivity contribution is 7.82. The van der Waals surface area contributed by atoms with Crippen LogP contribution in [0, 0.1) is 5.92 Å². The molecule has 2 fully saturated rings. The highest BCUT2D eigenvalue weighted by atomic mass is 32.3. The Bertz CT molecular complexity index is 313. The average Bonchev–Trinajstić information content (AvgIpc) is 2.39. The highest BCUT2D eigenvalue weighted by Gasteiger charge is 2.49. The molecule has 74 valence electrons. The Morgan fingerprint density at radius 1 is 1.23 bits per heavy atom. The van der Waals surface area contributed by atoms with Crippen LogP contribution < -0.4 is 0 Å². The molecule has 7 heteroatoms.